The Balaban J connectivity index is 1.41. The number of rotatable bonds is 27. The molecule has 0 aliphatic carbocycles. The van der Waals surface area contributed by atoms with Gasteiger partial charge in [0.25, 0.3) is 0 Å². The predicted molar refractivity (Wildman–Crippen MR) is 176 cm³/mol. The second-order valence-electron chi connectivity index (χ2n) is 13.3. The molecule has 250 valence electrons. The molecule has 2 aliphatic heterocycles. The Kier molecular flexibility index (Phi) is 21.3. The van der Waals surface area contributed by atoms with E-state index in [4.69, 9.17) is 9.47 Å². The summed E-state index contributed by atoms with van der Waals surface area (Å²) in [4.78, 5) is 11.6. The third-order valence-corrected chi connectivity index (χ3v) is 9.23. The molecule has 6 nitrogen and oxygen atoms in total. The highest BCUT2D eigenvalue weighted by molar-refractivity contribution is 5.90. The van der Waals surface area contributed by atoms with Gasteiger partial charge in [-0.2, -0.15) is 0 Å². The molecule has 1 fully saturated rings. The van der Waals surface area contributed by atoms with Crippen molar-refractivity contribution in [3.8, 4) is 0 Å². The molecule has 0 radical (unpaired) electrons. The molecule has 0 bridgehead atoms. The van der Waals surface area contributed by atoms with E-state index < -0.39 is 18.3 Å². The van der Waals surface area contributed by atoms with Crippen LogP contribution in [-0.2, 0) is 14.3 Å². The van der Waals surface area contributed by atoms with Crippen LogP contribution in [0.5, 0.6) is 0 Å². The number of carbonyl (C=O) groups is 1. The van der Waals surface area contributed by atoms with Crippen molar-refractivity contribution in [3.63, 3.8) is 0 Å². The molecule has 2 heterocycles. The van der Waals surface area contributed by atoms with Crippen molar-refractivity contribution in [1.82, 2.24) is 0 Å². The van der Waals surface area contributed by atoms with Crippen LogP contribution in [0.4, 0.5) is 0 Å². The standard InChI is InChI=1S/C37H66O6/c1-3-4-5-6-7-8-9-10-11-12-13-14-18-21-24-33(39)35-27-28-36(43-35)34(40)26-25-32(38)23-20-17-15-16-19-22-31-29-30(2)42-37(31)41/h14,18,29-30,32-36,38-40H,3-13,15-17,19-28H2,1-2H3. The second-order valence-corrected chi connectivity index (χ2v) is 13.3. The van der Waals surface area contributed by atoms with Crippen LogP contribution in [0, 0.1) is 0 Å². The van der Waals surface area contributed by atoms with Gasteiger partial charge in [-0.3, -0.25) is 0 Å². The number of unbranched alkanes of at least 4 members (excludes halogenated alkanes) is 14. The first kappa shape index (κ1) is 38.0. The van der Waals surface area contributed by atoms with Crippen LogP contribution in [0.3, 0.4) is 0 Å². The normalized spacial score (nSPS) is 22.7. The van der Waals surface area contributed by atoms with E-state index in [2.05, 4.69) is 19.1 Å². The van der Waals surface area contributed by atoms with Crippen LogP contribution in [0.2, 0.25) is 0 Å². The largest absolute Gasteiger partial charge is 0.455 e. The Morgan fingerprint density at radius 1 is 0.721 bits per heavy atom. The van der Waals surface area contributed by atoms with Gasteiger partial charge in [-0.05, 0) is 83.6 Å². The van der Waals surface area contributed by atoms with Gasteiger partial charge in [-0.15, -0.1) is 0 Å². The van der Waals surface area contributed by atoms with Gasteiger partial charge in [-0.1, -0.05) is 103 Å². The first-order valence-electron chi connectivity index (χ1n) is 18.2. The summed E-state index contributed by atoms with van der Waals surface area (Å²) >= 11 is 0. The van der Waals surface area contributed by atoms with Crippen LogP contribution in [0.15, 0.2) is 23.8 Å². The molecule has 6 heteroatoms. The molecule has 2 rings (SSSR count). The lowest BCUT2D eigenvalue weighted by molar-refractivity contribution is -0.139. The fourth-order valence-electron chi connectivity index (χ4n) is 6.43. The van der Waals surface area contributed by atoms with E-state index in [0.29, 0.717) is 19.3 Å². The number of carbonyl (C=O) groups excluding carboxylic acids is 1. The summed E-state index contributed by atoms with van der Waals surface area (Å²) < 4.78 is 11.2. The van der Waals surface area contributed by atoms with Gasteiger partial charge in [0.2, 0.25) is 0 Å². The zero-order chi connectivity index (χ0) is 31.1. The molecular formula is C37H66O6. The molecule has 0 amide bonds. The molecule has 43 heavy (non-hydrogen) atoms. The van der Waals surface area contributed by atoms with Crippen LogP contribution < -0.4 is 0 Å². The smallest absolute Gasteiger partial charge is 0.334 e. The van der Waals surface area contributed by atoms with Crippen molar-refractivity contribution < 1.29 is 29.6 Å². The molecule has 0 saturated carbocycles. The molecule has 0 spiro atoms. The van der Waals surface area contributed by atoms with Crippen molar-refractivity contribution in [3.05, 3.63) is 23.8 Å². The Morgan fingerprint density at radius 3 is 1.91 bits per heavy atom. The maximum atomic E-state index is 11.6. The third-order valence-electron chi connectivity index (χ3n) is 9.23. The van der Waals surface area contributed by atoms with Crippen LogP contribution in [0.1, 0.15) is 168 Å². The third kappa shape index (κ3) is 17.8. The highest BCUT2D eigenvalue weighted by Crippen LogP contribution is 2.28. The maximum absolute atomic E-state index is 11.6. The van der Waals surface area contributed by atoms with Gasteiger partial charge in [-0.25, -0.2) is 4.79 Å². The molecule has 6 unspecified atom stereocenters. The van der Waals surface area contributed by atoms with Gasteiger partial charge in [0, 0.05) is 5.57 Å². The maximum Gasteiger partial charge on any atom is 0.334 e. The summed E-state index contributed by atoms with van der Waals surface area (Å²) in [7, 11) is 0. The fourth-order valence-corrected chi connectivity index (χ4v) is 6.43. The minimum atomic E-state index is -0.591. The summed E-state index contributed by atoms with van der Waals surface area (Å²) in [6.45, 7) is 4.16. The number of cyclic esters (lactones) is 1. The lowest BCUT2D eigenvalue weighted by Crippen LogP contribution is -2.31. The van der Waals surface area contributed by atoms with E-state index in [0.717, 1.165) is 76.2 Å². The molecule has 0 aromatic heterocycles. The van der Waals surface area contributed by atoms with E-state index in [1.54, 1.807) is 0 Å². The molecular weight excluding hydrogens is 540 g/mol. The monoisotopic (exact) mass is 606 g/mol. The number of allylic oxidation sites excluding steroid dienone is 2. The van der Waals surface area contributed by atoms with Crippen LogP contribution >= 0.6 is 0 Å². The average Bonchev–Trinajstić information content (AvgIpc) is 3.61. The number of hydrogen-bond donors (Lipinski definition) is 3. The van der Waals surface area contributed by atoms with Crippen molar-refractivity contribution >= 4 is 5.97 Å². The van der Waals surface area contributed by atoms with Crippen LogP contribution in [0.25, 0.3) is 0 Å². The first-order valence-corrected chi connectivity index (χ1v) is 18.2. The Hall–Kier alpha value is -1.21. The molecule has 0 aromatic carbocycles. The quantitative estimate of drug-likeness (QED) is 0.0492. The van der Waals surface area contributed by atoms with Crippen LogP contribution in [-0.4, -0.2) is 57.9 Å². The highest BCUT2D eigenvalue weighted by Gasteiger charge is 2.34. The minimum absolute atomic E-state index is 0.0860. The number of ether oxygens (including phenoxy) is 2. The Morgan fingerprint density at radius 2 is 1.28 bits per heavy atom. The molecule has 0 aromatic rings. The summed E-state index contributed by atoms with van der Waals surface area (Å²) in [5, 5.41) is 31.6. The number of aliphatic hydroxyl groups is 3. The van der Waals surface area contributed by atoms with Gasteiger partial charge in [0.05, 0.1) is 30.5 Å². The van der Waals surface area contributed by atoms with Crippen molar-refractivity contribution in [2.24, 2.45) is 0 Å². The highest BCUT2D eigenvalue weighted by atomic mass is 16.5. The molecule has 6 atom stereocenters. The average molecular weight is 607 g/mol. The number of esters is 1. The predicted octanol–water partition coefficient (Wildman–Crippen LogP) is 8.65. The lowest BCUT2D eigenvalue weighted by atomic mass is 9.99. The lowest BCUT2D eigenvalue weighted by Gasteiger charge is -2.22. The number of hydrogen-bond acceptors (Lipinski definition) is 6. The first-order chi connectivity index (χ1) is 20.9. The summed E-state index contributed by atoms with van der Waals surface area (Å²) in [6.07, 6.45) is 30.1. The summed E-state index contributed by atoms with van der Waals surface area (Å²) in [6, 6.07) is 0. The minimum Gasteiger partial charge on any atom is -0.455 e. The van der Waals surface area contributed by atoms with Gasteiger partial charge in [0.1, 0.15) is 6.10 Å². The fraction of sp³-hybridized carbons (Fsp3) is 0.865. The van der Waals surface area contributed by atoms with E-state index >= 15 is 0 Å². The second kappa shape index (κ2) is 24.1. The van der Waals surface area contributed by atoms with E-state index in [1.807, 2.05) is 13.0 Å². The van der Waals surface area contributed by atoms with Crippen molar-refractivity contribution in [2.75, 3.05) is 0 Å². The van der Waals surface area contributed by atoms with E-state index in [-0.39, 0.29) is 24.3 Å². The molecule has 2 aliphatic rings. The molecule has 1 saturated heterocycles. The Labute approximate surface area is 263 Å². The summed E-state index contributed by atoms with van der Waals surface area (Å²) in [5.41, 5.74) is 0.815. The zero-order valence-corrected chi connectivity index (χ0v) is 27.7. The Bertz CT molecular complexity index is 764. The SMILES string of the molecule is CCCCCCCCCCCCC=CCCC(O)C1CCC(C(O)CCC(O)CCCCCCCC2=CC(C)OC2=O)O1. The van der Waals surface area contributed by atoms with Crippen molar-refractivity contribution in [1.29, 1.82) is 0 Å². The topological polar surface area (TPSA) is 96.2 Å². The molecule has 3 N–H and O–H groups in total. The number of aliphatic hydroxyl groups excluding tert-OH is 3. The zero-order valence-electron chi connectivity index (χ0n) is 27.7. The summed E-state index contributed by atoms with van der Waals surface area (Å²) in [5.74, 6) is -0.162. The van der Waals surface area contributed by atoms with Gasteiger partial charge >= 0.3 is 5.97 Å². The van der Waals surface area contributed by atoms with E-state index in [9.17, 15) is 20.1 Å². The van der Waals surface area contributed by atoms with E-state index in [1.165, 1.54) is 64.2 Å². The van der Waals surface area contributed by atoms with Gasteiger partial charge in [0.15, 0.2) is 0 Å². The van der Waals surface area contributed by atoms with Gasteiger partial charge < -0.3 is 24.8 Å². The van der Waals surface area contributed by atoms with Crippen molar-refractivity contribution in [2.45, 2.75) is 205 Å².